The zero-order valence-corrected chi connectivity index (χ0v) is 25.1. The van der Waals surface area contributed by atoms with Gasteiger partial charge in [-0.05, 0) is 57.2 Å². The fraction of sp³-hybridized carbons (Fsp3) is 0.235. The van der Waals surface area contributed by atoms with E-state index in [1.807, 2.05) is 20.8 Å². The van der Waals surface area contributed by atoms with Crippen molar-refractivity contribution in [2.75, 3.05) is 6.61 Å². The van der Waals surface area contributed by atoms with Crippen molar-refractivity contribution < 1.29 is 37.7 Å². The largest absolute Gasteiger partial charge is 0.459 e. The second kappa shape index (κ2) is 12.9. The van der Waals surface area contributed by atoms with E-state index < -0.39 is 48.4 Å². The molecule has 5 aromatic rings. The summed E-state index contributed by atoms with van der Waals surface area (Å²) in [5, 5.41) is 0. The molecule has 4 atom stereocenters. The standard InChI is InChI=1S/C34H29FN4O7/c1-19-4-10-22(11-5-19)32(40)43-16-25-27(45-33(41)23-12-6-20(2)7-13-23)28(46-34(42)24-14-8-21(3)9-15-24)31(44-25)39-18-38-26-29(35)36-17-37-30(26)39/h4-15,17-18,25,27-28,31H,16H2,1-3H3. The van der Waals surface area contributed by atoms with E-state index in [2.05, 4.69) is 15.0 Å². The van der Waals surface area contributed by atoms with Gasteiger partial charge in [-0.25, -0.2) is 29.3 Å². The second-order valence-electron chi connectivity index (χ2n) is 11.0. The van der Waals surface area contributed by atoms with Crippen LogP contribution in [0.25, 0.3) is 11.2 Å². The molecule has 0 saturated carbocycles. The van der Waals surface area contributed by atoms with E-state index in [-0.39, 0.29) is 28.9 Å². The van der Waals surface area contributed by atoms with Crippen molar-refractivity contribution in [3.63, 3.8) is 0 Å². The number of esters is 3. The predicted octanol–water partition coefficient (Wildman–Crippen LogP) is 5.10. The zero-order valence-electron chi connectivity index (χ0n) is 25.1. The van der Waals surface area contributed by atoms with Gasteiger partial charge in [-0.3, -0.25) is 4.57 Å². The lowest BCUT2D eigenvalue weighted by molar-refractivity contribution is -0.0606. The lowest BCUT2D eigenvalue weighted by atomic mass is 10.1. The molecule has 1 aliphatic heterocycles. The molecule has 1 fully saturated rings. The summed E-state index contributed by atoms with van der Waals surface area (Å²) in [5.41, 5.74) is 3.54. The van der Waals surface area contributed by atoms with Crippen LogP contribution in [0.15, 0.2) is 85.5 Å². The molecular weight excluding hydrogens is 595 g/mol. The second-order valence-corrected chi connectivity index (χ2v) is 11.0. The maximum absolute atomic E-state index is 14.5. The SMILES string of the molecule is Cc1ccc(C(=O)OCC2OC(n3cnc4c(F)ncnc43)C(OC(=O)c3ccc(C)cc3)C2OC(=O)c2ccc(C)cc2)cc1. The number of ether oxygens (including phenoxy) is 4. The average molecular weight is 625 g/mol. The molecule has 3 heterocycles. The Labute approximate surface area is 262 Å². The Hall–Kier alpha value is -5.49. The van der Waals surface area contributed by atoms with Crippen LogP contribution in [0.4, 0.5) is 4.39 Å². The van der Waals surface area contributed by atoms with Gasteiger partial charge in [-0.2, -0.15) is 4.39 Å². The highest BCUT2D eigenvalue weighted by molar-refractivity contribution is 5.91. The molecule has 1 aliphatic rings. The van der Waals surface area contributed by atoms with Gasteiger partial charge in [-0.1, -0.05) is 53.1 Å². The number of aromatic nitrogens is 4. The van der Waals surface area contributed by atoms with Crippen LogP contribution in [-0.2, 0) is 18.9 Å². The molecule has 46 heavy (non-hydrogen) atoms. The lowest BCUT2D eigenvalue weighted by Crippen LogP contribution is -2.41. The van der Waals surface area contributed by atoms with Crippen molar-refractivity contribution >= 4 is 29.1 Å². The van der Waals surface area contributed by atoms with E-state index in [4.69, 9.17) is 18.9 Å². The van der Waals surface area contributed by atoms with Crippen LogP contribution in [0.1, 0.15) is 54.0 Å². The molecular formula is C34H29FN4O7. The zero-order chi connectivity index (χ0) is 32.4. The number of carbonyl (C=O) groups is 3. The quantitative estimate of drug-likeness (QED) is 0.131. The fourth-order valence-electron chi connectivity index (χ4n) is 5.04. The summed E-state index contributed by atoms with van der Waals surface area (Å²) in [7, 11) is 0. The topological polar surface area (TPSA) is 132 Å². The molecule has 0 N–H and O–H groups in total. The summed E-state index contributed by atoms with van der Waals surface area (Å²) in [5.74, 6) is -2.94. The molecule has 0 radical (unpaired) electrons. The molecule has 0 amide bonds. The van der Waals surface area contributed by atoms with Gasteiger partial charge in [0.15, 0.2) is 29.6 Å². The van der Waals surface area contributed by atoms with Crippen LogP contribution in [0, 0.1) is 26.7 Å². The molecule has 234 valence electrons. The average Bonchev–Trinajstić information content (AvgIpc) is 3.62. The van der Waals surface area contributed by atoms with Crippen LogP contribution in [0.2, 0.25) is 0 Å². The summed E-state index contributed by atoms with van der Waals surface area (Å²) in [6.07, 6.45) is -2.63. The van der Waals surface area contributed by atoms with Crippen LogP contribution in [0.3, 0.4) is 0 Å². The first-order valence-electron chi connectivity index (χ1n) is 14.5. The van der Waals surface area contributed by atoms with E-state index in [1.165, 1.54) is 10.9 Å². The predicted molar refractivity (Wildman–Crippen MR) is 161 cm³/mol. The van der Waals surface area contributed by atoms with Gasteiger partial charge in [0.2, 0.25) is 5.95 Å². The Morgan fingerprint density at radius 3 is 1.76 bits per heavy atom. The van der Waals surface area contributed by atoms with Gasteiger partial charge in [0, 0.05) is 0 Å². The minimum atomic E-state index is -1.30. The molecule has 2 aromatic heterocycles. The maximum atomic E-state index is 14.5. The number of hydrogen-bond acceptors (Lipinski definition) is 10. The van der Waals surface area contributed by atoms with E-state index in [1.54, 1.807) is 72.8 Å². The normalized spacial score (nSPS) is 19.1. The molecule has 3 aromatic carbocycles. The summed E-state index contributed by atoms with van der Waals surface area (Å²) in [6, 6.07) is 20.2. The molecule has 11 nitrogen and oxygen atoms in total. The first kappa shape index (κ1) is 30.5. The number of nitrogens with zero attached hydrogens (tertiary/aromatic N) is 4. The van der Waals surface area contributed by atoms with E-state index >= 15 is 0 Å². The Morgan fingerprint density at radius 1 is 0.717 bits per heavy atom. The van der Waals surface area contributed by atoms with Gasteiger partial charge >= 0.3 is 17.9 Å². The highest BCUT2D eigenvalue weighted by Crippen LogP contribution is 2.37. The molecule has 1 saturated heterocycles. The van der Waals surface area contributed by atoms with Crippen LogP contribution in [0.5, 0.6) is 0 Å². The van der Waals surface area contributed by atoms with Crippen molar-refractivity contribution in [1.29, 1.82) is 0 Å². The van der Waals surface area contributed by atoms with Gasteiger partial charge in [-0.15, -0.1) is 0 Å². The number of halogens is 1. The van der Waals surface area contributed by atoms with Crippen molar-refractivity contribution in [3.05, 3.63) is 125 Å². The van der Waals surface area contributed by atoms with Crippen molar-refractivity contribution in [1.82, 2.24) is 19.5 Å². The first-order valence-corrected chi connectivity index (χ1v) is 14.5. The maximum Gasteiger partial charge on any atom is 0.338 e. The van der Waals surface area contributed by atoms with Gasteiger partial charge in [0.05, 0.1) is 23.0 Å². The monoisotopic (exact) mass is 624 g/mol. The van der Waals surface area contributed by atoms with Gasteiger partial charge < -0.3 is 18.9 Å². The minimum Gasteiger partial charge on any atom is -0.459 e. The molecule has 6 rings (SSSR count). The van der Waals surface area contributed by atoms with Gasteiger partial charge in [0.1, 0.15) is 19.0 Å². The number of aryl methyl sites for hydroxylation is 3. The molecule has 0 spiro atoms. The number of benzene rings is 3. The third-order valence-corrected chi connectivity index (χ3v) is 7.60. The van der Waals surface area contributed by atoms with E-state index in [9.17, 15) is 18.8 Å². The highest BCUT2D eigenvalue weighted by Gasteiger charge is 2.52. The molecule has 4 unspecified atom stereocenters. The summed E-state index contributed by atoms with van der Waals surface area (Å²) < 4.78 is 39.7. The van der Waals surface area contributed by atoms with E-state index in [0.717, 1.165) is 23.0 Å². The Bertz CT molecular complexity index is 1890. The van der Waals surface area contributed by atoms with Crippen molar-refractivity contribution in [2.24, 2.45) is 0 Å². The highest BCUT2D eigenvalue weighted by atomic mass is 19.1. The minimum absolute atomic E-state index is 0.0507. The number of rotatable bonds is 8. The Kier molecular flexibility index (Phi) is 8.53. The first-order chi connectivity index (χ1) is 22.2. The van der Waals surface area contributed by atoms with Crippen molar-refractivity contribution in [3.8, 4) is 0 Å². The Morgan fingerprint density at radius 2 is 1.22 bits per heavy atom. The lowest BCUT2D eigenvalue weighted by Gasteiger charge is -2.25. The molecule has 0 aliphatic carbocycles. The van der Waals surface area contributed by atoms with Crippen LogP contribution >= 0.6 is 0 Å². The molecule has 0 bridgehead atoms. The fourth-order valence-corrected chi connectivity index (χ4v) is 5.04. The molecule has 12 heteroatoms. The smallest absolute Gasteiger partial charge is 0.338 e. The summed E-state index contributed by atoms with van der Waals surface area (Å²) >= 11 is 0. The van der Waals surface area contributed by atoms with Crippen molar-refractivity contribution in [2.45, 2.75) is 45.3 Å². The third-order valence-electron chi connectivity index (χ3n) is 7.60. The number of hydrogen-bond donors (Lipinski definition) is 0. The Balaban J connectivity index is 1.37. The number of imidazole rings is 1. The van der Waals surface area contributed by atoms with Gasteiger partial charge in [0.25, 0.3) is 0 Å². The third kappa shape index (κ3) is 6.33. The van der Waals surface area contributed by atoms with Crippen LogP contribution < -0.4 is 0 Å². The summed E-state index contributed by atoms with van der Waals surface area (Å²) in [6.45, 7) is 5.28. The van der Waals surface area contributed by atoms with E-state index in [0.29, 0.717) is 5.56 Å². The van der Waals surface area contributed by atoms with Crippen LogP contribution in [-0.4, -0.2) is 62.3 Å². The summed E-state index contributed by atoms with van der Waals surface area (Å²) in [4.78, 5) is 51.6. The number of carbonyl (C=O) groups excluding carboxylic acids is 3. The number of fused-ring (bicyclic) bond motifs is 1.